The monoisotopic (exact) mass is 285 g/mol. The minimum atomic E-state index is 0.314. The van der Waals surface area contributed by atoms with Crippen LogP contribution in [0.1, 0.15) is 13.8 Å². The first-order valence-electron chi connectivity index (χ1n) is 6.20. The van der Waals surface area contributed by atoms with Crippen molar-refractivity contribution in [2.24, 2.45) is 4.99 Å². The molecule has 1 N–H and O–H groups in total. The van der Waals surface area contributed by atoms with E-state index in [0.29, 0.717) is 4.75 Å². The Morgan fingerprint density at radius 2 is 2.39 bits per heavy atom. The topological polar surface area (TPSA) is 27.6 Å². The fourth-order valence-electron chi connectivity index (χ4n) is 1.90. The van der Waals surface area contributed by atoms with E-state index in [4.69, 9.17) is 6.42 Å². The number of hydrogen-bond donors (Lipinski definition) is 1. The highest BCUT2D eigenvalue weighted by atomic mass is 32.2. The molecule has 0 aromatic heterocycles. The van der Waals surface area contributed by atoms with E-state index in [1.165, 1.54) is 5.75 Å². The van der Waals surface area contributed by atoms with Crippen LogP contribution in [0.5, 0.6) is 0 Å². The highest BCUT2D eigenvalue weighted by Gasteiger charge is 2.28. The summed E-state index contributed by atoms with van der Waals surface area (Å²) >= 11 is 3.81. The molecule has 0 unspecified atom stereocenters. The summed E-state index contributed by atoms with van der Waals surface area (Å²) in [5, 5.41) is 3.41. The van der Waals surface area contributed by atoms with Crippen LogP contribution in [-0.2, 0) is 0 Å². The van der Waals surface area contributed by atoms with Crippen molar-refractivity contribution < 1.29 is 0 Å². The molecular formula is C13H23N3S2. The zero-order valence-electron chi connectivity index (χ0n) is 11.5. The highest BCUT2D eigenvalue weighted by Crippen LogP contribution is 2.29. The number of guanidine groups is 1. The van der Waals surface area contributed by atoms with Crippen molar-refractivity contribution in [3.63, 3.8) is 0 Å². The molecule has 0 amide bonds. The van der Waals surface area contributed by atoms with Gasteiger partial charge in [0, 0.05) is 42.9 Å². The number of nitrogens with one attached hydrogen (secondary N) is 1. The molecule has 1 rings (SSSR count). The summed E-state index contributed by atoms with van der Waals surface area (Å²) in [7, 11) is 1.85. The molecule has 0 spiro atoms. The second kappa shape index (κ2) is 7.85. The minimum Gasteiger partial charge on any atom is -0.355 e. The molecule has 0 aromatic rings. The maximum atomic E-state index is 5.22. The Bertz CT molecular complexity index is 321. The summed E-state index contributed by atoms with van der Waals surface area (Å²) in [4.78, 5) is 6.72. The van der Waals surface area contributed by atoms with Gasteiger partial charge >= 0.3 is 0 Å². The Kier molecular flexibility index (Phi) is 6.80. The number of aliphatic imine (C=N–C) groups is 1. The summed E-state index contributed by atoms with van der Waals surface area (Å²) in [5.74, 6) is 6.63. The van der Waals surface area contributed by atoms with Crippen molar-refractivity contribution in [2.75, 3.05) is 43.9 Å². The molecule has 5 heteroatoms. The summed E-state index contributed by atoms with van der Waals surface area (Å²) in [6.07, 6.45) is 5.22. The second-order valence-electron chi connectivity index (χ2n) is 4.76. The zero-order chi connectivity index (χ0) is 13.4. The standard InChI is InChI=1S/C13H23N3S2/c1-5-8-17-9-6-15-12(14-4)16-7-10-18-13(2,3)11-16/h1H,6-11H2,2-4H3,(H,14,15). The van der Waals surface area contributed by atoms with E-state index in [9.17, 15) is 0 Å². The average molecular weight is 285 g/mol. The van der Waals surface area contributed by atoms with Gasteiger partial charge in [0.15, 0.2) is 5.96 Å². The van der Waals surface area contributed by atoms with Crippen molar-refractivity contribution in [3.8, 4) is 12.3 Å². The molecule has 0 radical (unpaired) electrons. The molecule has 1 heterocycles. The molecule has 0 atom stereocenters. The molecule has 18 heavy (non-hydrogen) atoms. The normalized spacial score (nSPS) is 19.4. The third-order valence-corrected chi connectivity index (χ3v) is 4.81. The van der Waals surface area contributed by atoms with Crippen molar-refractivity contribution >= 4 is 29.5 Å². The number of rotatable bonds is 4. The van der Waals surface area contributed by atoms with Gasteiger partial charge in [-0.2, -0.15) is 11.8 Å². The predicted molar refractivity (Wildman–Crippen MR) is 85.6 cm³/mol. The average Bonchev–Trinajstić information content (AvgIpc) is 2.32. The molecule has 1 fully saturated rings. The van der Waals surface area contributed by atoms with Crippen LogP contribution in [0.3, 0.4) is 0 Å². The van der Waals surface area contributed by atoms with Crippen molar-refractivity contribution in [1.82, 2.24) is 10.2 Å². The van der Waals surface area contributed by atoms with E-state index < -0.39 is 0 Å². The van der Waals surface area contributed by atoms with Gasteiger partial charge in [-0.25, -0.2) is 0 Å². The summed E-state index contributed by atoms with van der Waals surface area (Å²) in [6.45, 7) is 7.63. The molecule has 1 aliphatic heterocycles. The third-order valence-electron chi connectivity index (χ3n) is 2.65. The van der Waals surface area contributed by atoms with E-state index in [2.05, 4.69) is 35.0 Å². The van der Waals surface area contributed by atoms with E-state index >= 15 is 0 Å². The Hall–Kier alpha value is -0.470. The van der Waals surface area contributed by atoms with Gasteiger partial charge < -0.3 is 10.2 Å². The quantitative estimate of drug-likeness (QED) is 0.369. The van der Waals surface area contributed by atoms with Crippen molar-refractivity contribution in [1.29, 1.82) is 0 Å². The SMILES string of the molecule is C#CCSCCNC(=NC)N1CCSC(C)(C)C1. The van der Waals surface area contributed by atoms with Gasteiger partial charge in [-0.3, -0.25) is 4.99 Å². The second-order valence-corrected chi connectivity index (χ2v) is 7.67. The van der Waals surface area contributed by atoms with Crippen LogP contribution in [0.4, 0.5) is 0 Å². The molecule has 0 bridgehead atoms. The molecular weight excluding hydrogens is 262 g/mol. The lowest BCUT2D eigenvalue weighted by Gasteiger charge is -2.39. The zero-order valence-corrected chi connectivity index (χ0v) is 13.2. The van der Waals surface area contributed by atoms with E-state index in [0.717, 1.165) is 37.1 Å². The van der Waals surface area contributed by atoms with Gasteiger partial charge in [0.05, 0.1) is 5.75 Å². The molecule has 0 aliphatic carbocycles. The Balaban J connectivity index is 2.35. The van der Waals surface area contributed by atoms with Gasteiger partial charge in [-0.05, 0) is 13.8 Å². The first-order valence-corrected chi connectivity index (χ1v) is 8.34. The van der Waals surface area contributed by atoms with Crippen molar-refractivity contribution in [2.45, 2.75) is 18.6 Å². The van der Waals surface area contributed by atoms with Gasteiger partial charge in [0.25, 0.3) is 0 Å². The van der Waals surface area contributed by atoms with Crippen LogP contribution in [0.25, 0.3) is 0 Å². The number of nitrogens with zero attached hydrogens (tertiary/aromatic N) is 2. The fraction of sp³-hybridized carbons (Fsp3) is 0.769. The van der Waals surface area contributed by atoms with Gasteiger partial charge in [0.2, 0.25) is 0 Å². The van der Waals surface area contributed by atoms with Crippen LogP contribution in [0.15, 0.2) is 4.99 Å². The number of hydrogen-bond acceptors (Lipinski definition) is 3. The van der Waals surface area contributed by atoms with Crippen LogP contribution in [-0.4, -0.2) is 59.5 Å². The van der Waals surface area contributed by atoms with E-state index in [1.807, 2.05) is 18.8 Å². The first-order chi connectivity index (χ1) is 8.59. The Morgan fingerprint density at radius 3 is 3.00 bits per heavy atom. The molecule has 3 nitrogen and oxygen atoms in total. The van der Waals surface area contributed by atoms with Crippen LogP contribution in [0, 0.1) is 12.3 Å². The summed E-state index contributed by atoms with van der Waals surface area (Å²) in [6, 6.07) is 0. The smallest absolute Gasteiger partial charge is 0.193 e. The largest absolute Gasteiger partial charge is 0.355 e. The lowest BCUT2D eigenvalue weighted by Crippen LogP contribution is -2.51. The maximum absolute atomic E-state index is 5.22. The molecule has 1 saturated heterocycles. The maximum Gasteiger partial charge on any atom is 0.193 e. The molecule has 0 saturated carbocycles. The molecule has 0 aromatic carbocycles. The molecule has 102 valence electrons. The lowest BCUT2D eigenvalue weighted by atomic mass is 10.2. The van der Waals surface area contributed by atoms with Gasteiger partial charge in [-0.1, -0.05) is 5.92 Å². The first kappa shape index (κ1) is 15.6. The molecule has 1 aliphatic rings. The lowest BCUT2D eigenvalue weighted by molar-refractivity contribution is 0.377. The van der Waals surface area contributed by atoms with Crippen molar-refractivity contribution in [3.05, 3.63) is 0 Å². The van der Waals surface area contributed by atoms with E-state index in [-0.39, 0.29) is 0 Å². The van der Waals surface area contributed by atoms with Crippen LogP contribution in [0.2, 0.25) is 0 Å². The van der Waals surface area contributed by atoms with Crippen LogP contribution >= 0.6 is 23.5 Å². The Labute approximate surface area is 120 Å². The summed E-state index contributed by atoms with van der Waals surface area (Å²) < 4.78 is 0.314. The number of thioether (sulfide) groups is 2. The van der Waals surface area contributed by atoms with Crippen LogP contribution < -0.4 is 5.32 Å². The Morgan fingerprint density at radius 1 is 1.61 bits per heavy atom. The fourth-order valence-corrected chi connectivity index (χ4v) is 3.52. The summed E-state index contributed by atoms with van der Waals surface area (Å²) in [5.41, 5.74) is 0. The van der Waals surface area contributed by atoms with E-state index in [1.54, 1.807) is 11.8 Å². The highest BCUT2D eigenvalue weighted by molar-refractivity contribution is 8.00. The predicted octanol–water partition coefficient (Wildman–Crippen LogP) is 1.76. The number of terminal acetylenes is 1. The van der Waals surface area contributed by atoms with Gasteiger partial charge in [0.1, 0.15) is 0 Å². The third kappa shape index (κ3) is 5.45. The van der Waals surface area contributed by atoms with Gasteiger partial charge in [-0.15, -0.1) is 18.2 Å². The minimum absolute atomic E-state index is 0.314.